The maximum atomic E-state index is 3.46. The van der Waals surface area contributed by atoms with Gasteiger partial charge in [-0.15, -0.1) is 0 Å². The second-order valence-corrected chi connectivity index (χ2v) is 5.24. The molecule has 0 fully saturated rings. The Labute approximate surface area is 101 Å². The van der Waals surface area contributed by atoms with E-state index in [1.807, 2.05) is 0 Å². The number of aryl methyl sites for hydroxylation is 1. The van der Waals surface area contributed by atoms with Crippen molar-refractivity contribution in [2.45, 2.75) is 26.7 Å². The minimum absolute atomic E-state index is 0.748. The SMILES string of the molecule is CC(C)CNCCCc1ccc(Br)cc1. The first-order chi connectivity index (χ1) is 7.18. The molecule has 0 radical (unpaired) electrons. The third kappa shape index (κ3) is 5.95. The molecule has 0 aliphatic rings. The summed E-state index contributed by atoms with van der Waals surface area (Å²) >= 11 is 3.44. The van der Waals surface area contributed by atoms with Gasteiger partial charge in [-0.2, -0.15) is 0 Å². The molecule has 0 unspecified atom stereocenters. The summed E-state index contributed by atoms with van der Waals surface area (Å²) in [5.41, 5.74) is 1.42. The smallest absolute Gasteiger partial charge is 0.0175 e. The fourth-order valence-corrected chi connectivity index (χ4v) is 1.72. The lowest BCUT2D eigenvalue weighted by Gasteiger charge is -2.07. The van der Waals surface area contributed by atoms with Crippen molar-refractivity contribution in [3.05, 3.63) is 34.3 Å². The number of hydrogen-bond donors (Lipinski definition) is 1. The fraction of sp³-hybridized carbons (Fsp3) is 0.538. The maximum Gasteiger partial charge on any atom is 0.0175 e. The highest BCUT2D eigenvalue weighted by Gasteiger charge is 1.95. The van der Waals surface area contributed by atoms with E-state index >= 15 is 0 Å². The molecule has 1 aromatic carbocycles. The average molecular weight is 270 g/mol. The first kappa shape index (κ1) is 12.7. The van der Waals surface area contributed by atoms with E-state index in [1.165, 1.54) is 18.4 Å². The van der Waals surface area contributed by atoms with Crippen LogP contribution in [-0.4, -0.2) is 13.1 Å². The molecule has 0 spiro atoms. The Kier molecular flexibility index (Phi) is 5.96. The zero-order valence-corrected chi connectivity index (χ0v) is 11.2. The van der Waals surface area contributed by atoms with Crippen molar-refractivity contribution in [1.82, 2.24) is 5.32 Å². The minimum Gasteiger partial charge on any atom is -0.316 e. The minimum atomic E-state index is 0.748. The summed E-state index contributed by atoms with van der Waals surface area (Å²) in [6, 6.07) is 8.59. The van der Waals surface area contributed by atoms with Crippen molar-refractivity contribution in [2.24, 2.45) is 5.92 Å². The van der Waals surface area contributed by atoms with Crippen molar-refractivity contribution >= 4 is 15.9 Å². The van der Waals surface area contributed by atoms with Crippen molar-refractivity contribution < 1.29 is 0 Å². The lowest BCUT2D eigenvalue weighted by molar-refractivity contribution is 0.543. The molecule has 0 bridgehead atoms. The summed E-state index contributed by atoms with van der Waals surface area (Å²) in [5, 5.41) is 3.46. The predicted molar refractivity (Wildman–Crippen MR) is 70.2 cm³/mol. The zero-order valence-electron chi connectivity index (χ0n) is 9.59. The van der Waals surface area contributed by atoms with Gasteiger partial charge in [-0.05, 0) is 49.5 Å². The number of benzene rings is 1. The van der Waals surface area contributed by atoms with E-state index < -0.39 is 0 Å². The molecule has 1 N–H and O–H groups in total. The summed E-state index contributed by atoms with van der Waals surface area (Å²) in [5.74, 6) is 0.748. The van der Waals surface area contributed by atoms with Crippen LogP contribution in [0.2, 0.25) is 0 Å². The highest BCUT2D eigenvalue weighted by Crippen LogP contribution is 2.11. The summed E-state index contributed by atoms with van der Waals surface area (Å²) in [6.07, 6.45) is 2.38. The lowest BCUT2D eigenvalue weighted by Crippen LogP contribution is -2.21. The Hall–Kier alpha value is -0.340. The number of halogens is 1. The molecule has 0 heterocycles. The van der Waals surface area contributed by atoms with Gasteiger partial charge in [-0.3, -0.25) is 0 Å². The molecule has 84 valence electrons. The van der Waals surface area contributed by atoms with Crippen LogP contribution >= 0.6 is 15.9 Å². The molecule has 0 atom stereocenters. The molecule has 0 aliphatic carbocycles. The fourth-order valence-electron chi connectivity index (χ4n) is 1.46. The van der Waals surface area contributed by atoms with Crippen molar-refractivity contribution in [3.63, 3.8) is 0 Å². The molecular weight excluding hydrogens is 250 g/mol. The van der Waals surface area contributed by atoms with Crippen LogP contribution in [0.1, 0.15) is 25.8 Å². The summed E-state index contributed by atoms with van der Waals surface area (Å²) < 4.78 is 1.16. The molecular formula is C13H20BrN. The molecule has 1 rings (SSSR count). The van der Waals surface area contributed by atoms with Crippen LogP contribution in [0.15, 0.2) is 28.7 Å². The van der Waals surface area contributed by atoms with Gasteiger partial charge in [0.2, 0.25) is 0 Å². The van der Waals surface area contributed by atoms with E-state index in [0.29, 0.717) is 0 Å². The van der Waals surface area contributed by atoms with Crippen LogP contribution in [0.4, 0.5) is 0 Å². The summed E-state index contributed by atoms with van der Waals surface area (Å²) in [4.78, 5) is 0. The second kappa shape index (κ2) is 7.02. The average Bonchev–Trinajstić information content (AvgIpc) is 2.20. The Morgan fingerprint density at radius 2 is 1.87 bits per heavy atom. The molecule has 0 saturated carbocycles. The summed E-state index contributed by atoms with van der Waals surface area (Å²) in [7, 11) is 0. The van der Waals surface area contributed by atoms with Crippen LogP contribution in [0.3, 0.4) is 0 Å². The first-order valence-electron chi connectivity index (χ1n) is 5.63. The van der Waals surface area contributed by atoms with Crippen molar-refractivity contribution in [2.75, 3.05) is 13.1 Å². The van der Waals surface area contributed by atoms with Crippen LogP contribution in [0.5, 0.6) is 0 Å². The normalized spacial score (nSPS) is 10.9. The van der Waals surface area contributed by atoms with Gasteiger partial charge in [-0.25, -0.2) is 0 Å². The highest BCUT2D eigenvalue weighted by atomic mass is 79.9. The Balaban J connectivity index is 2.12. The van der Waals surface area contributed by atoms with Gasteiger partial charge in [0.1, 0.15) is 0 Å². The van der Waals surface area contributed by atoms with Gasteiger partial charge in [-0.1, -0.05) is 41.9 Å². The van der Waals surface area contributed by atoms with Crippen LogP contribution in [0.25, 0.3) is 0 Å². The van der Waals surface area contributed by atoms with Crippen molar-refractivity contribution in [1.29, 1.82) is 0 Å². The second-order valence-electron chi connectivity index (χ2n) is 4.33. The van der Waals surface area contributed by atoms with E-state index in [2.05, 4.69) is 59.4 Å². The largest absolute Gasteiger partial charge is 0.316 e. The first-order valence-corrected chi connectivity index (χ1v) is 6.43. The predicted octanol–water partition coefficient (Wildman–Crippen LogP) is 3.63. The third-order valence-corrected chi connectivity index (χ3v) is 2.81. The van der Waals surface area contributed by atoms with E-state index in [4.69, 9.17) is 0 Å². The molecule has 1 aromatic rings. The van der Waals surface area contributed by atoms with Gasteiger partial charge in [0, 0.05) is 4.47 Å². The van der Waals surface area contributed by atoms with Gasteiger partial charge >= 0.3 is 0 Å². The Morgan fingerprint density at radius 3 is 2.47 bits per heavy atom. The monoisotopic (exact) mass is 269 g/mol. The summed E-state index contributed by atoms with van der Waals surface area (Å²) in [6.45, 7) is 6.72. The van der Waals surface area contributed by atoms with Gasteiger partial charge in [0.25, 0.3) is 0 Å². The molecule has 0 amide bonds. The van der Waals surface area contributed by atoms with Crippen molar-refractivity contribution in [3.8, 4) is 0 Å². The van der Waals surface area contributed by atoms with Crippen LogP contribution in [0, 0.1) is 5.92 Å². The topological polar surface area (TPSA) is 12.0 Å². The van der Waals surface area contributed by atoms with Crippen LogP contribution < -0.4 is 5.32 Å². The van der Waals surface area contributed by atoms with Crippen LogP contribution in [-0.2, 0) is 6.42 Å². The quantitative estimate of drug-likeness (QED) is 0.778. The van der Waals surface area contributed by atoms with Gasteiger partial charge in [0.15, 0.2) is 0 Å². The molecule has 15 heavy (non-hydrogen) atoms. The maximum absolute atomic E-state index is 3.46. The van der Waals surface area contributed by atoms with Gasteiger partial charge in [0.05, 0.1) is 0 Å². The molecule has 0 saturated heterocycles. The highest BCUT2D eigenvalue weighted by molar-refractivity contribution is 9.10. The molecule has 0 aliphatic heterocycles. The number of rotatable bonds is 6. The van der Waals surface area contributed by atoms with E-state index in [0.717, 1.165) is 23.5 Å². The van der Waals surface area contributed by atoms with E-state index in [-0.39, 0.29) is 0 Å². The standard InChI is InChI=1S/C13H20BrN/c1-11(2)10-15-9-3-4-12-5-7-13(14)8-6-12/h5-8,11,15H,3-4,9-10H2,1-2H3. The van der Waals surface area contributed by atoms with Gasteiger partial charge < -0.3 is 5.32 Å². The number of nitrogens with one attached hydrogen (secondary N) is 1. The molecule has 2 heteroatoms. The Bertz CT molecular complexity index is 266. The van der Waals surface area contributed by atoms with E-state index in [1.54, 1.807) is 0 Å². The molecule has 1 nitrogen and oxygen atoms in total. The third-order valence-electron chi connectivity index (χ3n) is 2.28. The zero-order chi connectivity index (χ0) is 11.1. The Morgan fingerprint density at radius 1 is 1.20 bits per heavy atom. The number of hydrogen-bond acceptors (Lipinski definition) is 1. The molecule has 0 aromatic heterocycles. The van der Waals surface area contributed by atoms with E-state index in [9.17, 15) is 0 Å². The lowest BCUT2D eigenvalue weighted by atomic mass is 10.1.